The molecule has 0 aliphatic carbocycles. The van der Waals surface area contributed by atoms with Crippen LogP contribution in [0.5, 0.6) is 5.75 Å². The quantitative estimate of drug-likeness (QED) is 0.294. The largest absolute Gasteiger partial charge is 0.497 e. The zero-order chi connectivity index (χ0) is 25.9. The number of amides is 1. The summed E-state index contributed by atoms with van der Waals surface area (Å²) in [6, 6.07) is 23.5. The molecule has 0 spiro atoms. The number of halogens is 1. The van der Waals surface area contributed by atoms with E-state index in [2.05, 4.69) is 30.0 Å². The lowest BCUT2D eigenvalue weighted by Gasteiger charge is -2.19. The van der Waals surface area contributed by atoms with Gasteiger partial charge in [-0.25, -0.2) is 4.99 Å². The smallest absolute Gasteiger partial charge is 0.267 e. The number of ether oxygens (including phenoxy) is 1. The Morgan fingerprint density at radius 2 is 1.70 bits per heavy atom. The number of carbonyl (C=O) groups is 1. The van der Waals surface area contributed by atoms with Crippen LogP contribution in [0.2, 0.25) is 5.02 Å². The van der Waals surface area contributed by atoms with Gasteiger partial charge in [0.1, 0.15) is 5.75 Å². The Morgan fingerprint density at radius 1 is 0.973 bits per heavy atom. The van der Waals surface area contributed by atoms with Crippen LogP contribution in [0.3, 0.4) is 0 Å². The van der Waals surface area contributed by atoms with Crippen LogP contribution in [0, 0.1) is 0 Å². The van der Waals surface area contributed by atoms with E-state index in [1.54, 1.807) is 35.9 Å². The predicted molar refractivity (Wildman–Crippen MR) is 157 cm³/mol. The molecule has 2 heterocycles. The van der Waals surface area contributed by atoms with Gasteiger partial charge < -0.3 is 9.64 Å². The average Bonchev–Trinajstić information content (AvgIpc) is 3.43. The summed E-state index contributed by atoms with van der Waals surface area (Å²) in [7, 11) is 1.68. The molecule has 3 aromatic carbocycles. The molecule has 0 saturated carbocycles. The topological polar surface area (TPSA) is 45.1 Å². The maximum absolute atomic E-state index is 13.7. The molecule has 0 bridgehead atoms. The second kappa shape index (κ2) is 11.1. The van der Waals surface area contributed by atoms with Gasteiger partial charge in [-0.3, -0.25) is 9.69 Å². The van der Waals surface area contributed by atoms with Crippen molar-refractivity contribution < 1.29 is 9.53 Å². The van der Waals surface area contributed by atoms with Gasteiger partial charge in [0.25, 0.3) is 5.91 Å². The molecule has 1 amide bonds. The Balaban J connectivity index is 1.61. The Hall–Kier alpha value is -3.13. The number of likely N-dealkylation sites (N-methyl/N-ethyl adjacent to an activating group) is 1. The fraction of sp³-hybridized carbons (Fsp3) is 0.172. The summed E-state index contributed by atoms with van der Waals surface area (Å²) in [4.78, 5) is 24.3. The van der Waals surface area contributed by atoms with Crippen LogP contribution in [-0.4, -0.2) is 36.2 Å². The van der Waals surface area contributed by atoms with E-state index >= 15 is 0 Å². The molecule has 188 valence electrons. The Bertz CT molecular complexity index is 1420. The molecule has 0 aromatic heterocycles. The van der Waals surface area contributed by atoms with Crippen molar-refractivity contribution in [2.45, 2.75) is 18.7 Å². The number of thioether (sulfide) groups is 2. The first kappa shape index (κ1) is 25.5. The number of allylic oxidation sites excluding steroid dienone is 2. The second-order valence-electron chi connectivity index (χ2n) is 8.29. The number of benzene rings is 3. The SMILES string of the molecule is CCN1C(=O)/C(=C(\C=C2\Sc3cc(OC)ccc3N2CC)c2ccccc2)SC1=Nc1ccc(Cl)cc1. The number of anilines is 1. The molecule has 3 aromatic rings. The number of aliphatic imine (C=N–C) groups is 1. The van der Waals surface area contributed by atoms with Crippen molar-refractivity contribution in [3.05, 3.63) is 99.4 Å². The number of rotatable bonds is 6. The lowest BCUT2D eigenvalue weighted by molar-refractivity contribution is -0.122. The first-order chi connectivity index (χ1) is 18.0. The van der Waals surface area contributed by atoms with Crippen LogP contribution < -0.4 is 9.64 Å². The van der Waals surface area contributed by atoms with Crippen LogP contribution in [0.25, 0.3) is 5.57 Å². The number of carbonyl (C=O) groups excluding carboxylic acids is 1. The molecule has 0 atom stereocenters. The number of hydrogen-bond acceptors (Lipinski definition) is 6. The third kappa shape index (κ3) is 5.17. The summed E-state index contributed by atoms with van der Waals surface area (Å²) in [6.07, 6.45) is 2.13. The van der Waals surface area contributed by atoms with Crippen molar-refractivity contribution in [3.8, 4) is 5.75 Å². The third-order valence-corrected chi connectivity index (χ3v) is 8.52. The highest BCUT2D eigenvalue weighted by Crippen LogP contribution is 2.49. The number of methoxy groups -OCH3 is 1. The maximum Gasteiger partial charge on any atom is 0.267 e. The van der Waals surface area contributed by atoms with E-state index in [0.717, 1.165) is 44.7 Å². The van der Waals surface area contributed by atoms with Gasteiger partial charge in [-0.05, 0) is 79.7 Å². The predicted octanol–water partition coefficient (Wildman–Crippen LogP) is 7.82. The minimum absolute atomic E-state index is 0.0406. The molecule has 5 rings (SSSR count). The minimum Gasteiger partial charge on any atom is -0.497 e. The highest BCUT2D eigenvalue weighted by atomic mass is 35.5. The Kier molecular flexibility index (Phi) is 7.65. The first-order valence-corrected chi connectivity index (χ1v) is 14.0. The first-order valence-electron chi connectivity index (χ1n) is 12.0. The van der Waals surface area contributed by atoms with Crippen molar-refractivity contribution >= 4 is 63.1 Å². The summed E-state index contributed by atoms with van der Waals surface area (Å²) in [6.45, 7) is 5.44. The van der Waals surface area contributed by atoms with Crippen LogP contribution in [0.1, 0.15) is 19.4 Å². The molecule has 2 aliphatic heterocycles. The fourth-order valence-corrected chi connectivity index (χ4v) is 6.69. The van der Waals surface area contributed by atoms with E-state index in [0.29, 0.717) is 21.6 Å². The Morgan fingerprint density at radius 3 is 2.38 bits per heavy atom. The third-order valence-electron chi connectivity index (χ3n) is 6.08. The summed E-state index contributed by atoms with van der Waals surface area (Å²) < 4.78 is 5.45. The van der Waals surface area contributed by atoms with Crippen molar-refractivity contribution in [2.24, 2.45) is 4.99 Å². The molecular formula is C29H26ClN3O2S2. The van der Waals surface area contributed by atoms with Gasteiger partial charge >= 0.3 is 0 Å². The van der Waals surface area contributed by atoms with Gasteiger partial charge in [-0.2, -0.15) is 0 Å². The van der Waals surface area contributed by atoms with Gasteiger partial charge in [0.2, 0.25) is 0 Å². The molecular weight excluding hydrogens is 522 g/mol. The molecule has 37 heavy (non-hydrogen) atoms. The monoisotopic (exact) mass is 547 g/mol. The molecule has 0 unspecified atom stereocenters. The standard InChI is InChI=1S/C29H26ClN3O2S2/c1-4-32-24-16-15-22(35-3)17-25(24)36-26(32)18-23(19-9-7-6-8-10-19)27-28(34)33(5-2)29(37-27)31-21-13-11-20(30)12-14-21/h6-18H,4-5H2,1-3H3/b26-18+,27-23-,31-29?. The van der Waals surface area contributed by atoms with Gasteiger partial charge in [-0.15, -0.1) is 0 Å². The van der Waals surface area contributed by atoms with Crippen molar-refractivity contribution in [1.29, 1.82) is 0 Å². The van der Waals surface area contributed by atoms with Gasteiger partial charge in [-0.1, -0.05) is 53.7 Å². The van der Waals surface area contributed by atoms with Crippen molar-refractivity contribution in [1.82, 2.24) is 4.90 Å². The molecule has 2 aliphatic rings. The number of hydrogen-bond donors (Lipinski definition) is 0. The Labute approximate surface area is 230 Å². The van der Waals surface area contributed by atoms with E-state index < -0.39 is 0 Å². The molecule has 0 N–H and O–H groups in total. The zero-order valence-electron chi connectivity index (χ0n) is 20.8. The van der Waals surface area contributed by atoms with Gasteiger partial charge in [0.05, 0.1) is 28.4 Å². The lowest BCUT2D eigenvalue weighted by atomic mass is 10.0. The minimum atomic E-state index is -0.0406. The number of amidine groups is 1. The lowest BCUT2D eigenvalue weighted by Crippen LogP contribution is -2.28. The average molecular weight is 548 g/mol. The van der Waals surface area contributed by atoms with Gasteiger partial charge in [0, 0.05) is 28.6 Å². The summed E-state index contributed by atoms with van der Waals surface area (Å²) >= 11 is 9.16. The summed E-state index contributed by atoms with van der Waals surface area (Å²) in [5, 5.41) is 2.38. The molecule has 1 fully saturated rings. The van der Waals surface area contributed by atoms with Crippen molar-refractivity contribution in [3.63, 3.8) is 0 Å². The summed E-state index contributed by atoms with van der Waals surface area (Å²) in [5.41, 5.74) is 3.77. The van der Waals surface area contributed by atoms with E-state index in [-0.39, 0.29) is 5.91 Å². The molecule has 1 saturated heterocycles. The normalized spacial score (nSPS) is 18.6. The zero-order valence-corrected chi connectivity index (χ0v) is 23.2. The second-order valence-corrected chi connectivity index (χ2v) is 10.8. The fourth-order valence-electron chi connectivity index (χ4n) is 4.23. The van der Waals surface area contributed by atoms with Crippen LogP contribution >= 0.6 is 35.1 Å². The number of fused-ring (bicyclic) bond motifs is 1. The van der Waals surface area contributed by atoms with Crippen LogP contribution in [0.4, 0.5) is 11.4 Å². The number of nitrogens with zero attached hydrogens (tertiary/aromatic N) is 3. The molecule has 0 radical (unpaired) electrons. The summed E-state index contributed by atoms with van der Waals surface area (Å²) in [5.74, 6) is 0.787. The van der Waals surface area contributed by atoms with E-state index in [4.69, 9.17) is 21.3 Å². The maximum atomic E-state index is 13.7. The van der Waals surface area contributed by atoms with E-state index in [9.17, 15) is 4.79 Å². The van der Waals surface area contributed by atoms with Gasteiger partial charge in [0.15, 0.2) is 5.17 Å². The highest BCUT2D eigenvalue weighted by Gasteiger charge is 2.35. The molecule has 5 nitrogen and oxygen atoms in total. The van der Waals surface area contributed by atoms with E-state index in [1.807, 2.05) is 55.5 Å². The highest BCUT2D eigenvalue weighted by molar-refractivity contribution is 8.18. The van der Waals surface area contributed by atoms with Crippen LogP contribution in [0.15, 0.2) is 98.7 Å². The van der Waals surface area contributed by atoms with Crippen molar-refractivity contribution in [2.75, 3.05) is 25.1 Å². The molecule has 8 heteroatoms. The van der Waals surface area contributed by atoms with Crippen LogP contribution in [-0.2, 0) is 4.79 Å². The van der Waals surface area contributed by atoms with E-state index in [1.165, 1.54) is 11.8 Å².